The molecule has 3 atom stereocenters. The van der Waals surface area contributed by atoms with Crippen LogP contribution in [0.15, 0.2) is 60.8 Å². The van der Waals surface area contributed by atoms with Gasteiger partial charge in [0.25, 0.3) is 0 Å². The lowest BCUT2D eigenvalue weighted by atomic mass is 10.0. The van der Waals surface area contributed by atoms with Crippen LogP contribution in [0.2, 0.25) is 0 Å². The van der Waals surface area contributed by atoms with Gasteiger partial charge in [-0.1, -0.05) is 300 Å². The molecule has 0 fully saturated rings. The van der Waals surface area contributed by atoms with E-state index in [1.165, 1.54) is 186 Å². The molecular weight excluding hydrogens is 851 g/mol. The van der Waals surface area contributed by atoms with Gasteiger partial charge in [-0.3, -0.25) is 9.59 Å². The summed E-state index contributed by atoms with van der Waals surface area (Å²) >= 11 is 0. The smallest absolute Gasteiger partial charge is 0.306 e. The molecule has 0 radical (unpaired) electrons. The number of carbonyl (C=O) groups excluding carboxylic acids is 2. The SMILES string of the molecule is CC/C=C\C/C=C\C/C=C\C/C=C\C/C=C\CC(CC(=O)NC(CO)C(O)CCCCCCCCCCCCCCCCCC)OC(=O)CCCCCCCCCCCCCCCCCCCCC. The van der Waals surface area contributed by atoms with Gasteiger partial charge in [0, 0.05) is 12.8 Å². The maximum Gasteiger partial charge on any atom is 0.306 e. The van der Waals surface area contributed by atoms with Crippen LogP contribution in [-0.4, -0.2) is 46.9 Å². The zero-order valence-electron chi connectivity index (χ0n) is 45.9. The third kappa shape index (κ3) is 51.7. The van der Waals surface area contributed by atoms with E-state index in [4.69, 9.17) is 4.74 Å². The van der Waals surface area contributed by atoms with Crippen molar-refractivity contribution in [1.29, 1.82) is 0 Å². The zero-order valence-corrected chi connectivity index (χ0v) is 45.9. The van der Waals surface area contributed by atoms with Crippen molar-refractivity contribution in [3.63, 3.8) is 0 Å². The van der Waals surface area contributed by atoms with E-state index in [0.717, 1.165) is 70.6 Å². The van der Waals surface area contributed by atoms with E-state index >= 15 is 0 Å². The van der Waals surface area contributed by atoms with Crippen molar-refractivity contribution in [2.45, 2.75) is 322 Å². The lowest BCUT2D eigenvalue weighted by Gasteiger charge is -2.24. The largest absolute Gasteiger partial charge is 0.461 e. The number of hydrogen-bond donors (Lipinski definition) is 3. The van der Waals surface area contributed by atoms with Crippen molar-refractivity contribution < 1.29 is 24.5 Å². The van der Waals surface area contributed by atoms with Crippen LogP contribution >= 0.6 is 0 Å². The maximum absolute atomic E-state index is 13.3. The predicted molar refractivity (Wildman–Crippen MR) is 301 cm³/mol. The molecular formula is C63H115NO5. The van der Waals surface area contributed by atoms with Gasteiger partial charge in [-0.25, -0.2) is 0 Å². The molecule has 3 N–H and O–H groups in total. The first-order chi connectivity index (χ1) is 34.0. The van der Waals surface area contributed by atoms with E-state index in [2.05, 4.69) is 80.8 Å². The van der Waals surface area contributed by atoms with Gasteiger partial charge < -0.3 is 20.3 Å². The normalized spacial score (nSPS) is 13.5. The number of nitrogens with one attached hydrogen (secondary N) is 1. The highest BCUT2D eigenvalue weighted by molar-refractivity contribution is 5.77. The minimum absolute atomic E-state index is 0.00150. The Labute approximate surface area is 428 Å². The second kappa shape index (κ2) is 56.5. The molecule has 69 heavy (non-hydrogen) atoms. The van der Waals surface area contributed by atoms with Gasteiger partial charge in [-0.05, 0) is 44.9 Å². The summed E-state index contributed by atoms with van der Waals surface area (Å²) in [4.78, 5) is 26.3. The molecule has 0 aliphatic rings. The molecule has 0 heterocycles. The lowest BCUT2D eigenvalue weighted by Crippen LogP contribution is -2.46. The van der Waals surface area contributed by atoms with E-state index < -0.39 is 18.2 Å². The predicted octanol–water partition coefficient (Wildman–Crippen LogP) is 18.7. The molecule has 0 rings (SSSR count). The number of carbonyl (C=O) groups is 2. The van der Waals surface area contributed by atoms with Crippen molar-refractivity contribution >= 4 is 11.9 Å². The Morgan fingerprint density at radius 3 is 1.10 bits per heavy atom. The lowest BCUT2D eigenvalue weighted by molar-refractivity contribution is -0.150. The highest BCUT2D eigenvalue weighted by Gasteiger charge is 2.23. The molecule has 0 aromatic heterocycles. The minimum atomic E-state index is -0.813. The van der Waals surface area contributed by atoms with Crippen LogP contribution in [0.1, 0.15) is 303 Å². The molecule has 402 valence electrons. The number of amides is 1. The molecule has 0 aliphatic heterocycles. The molecule has 3 unspecified atom stereocenters. The van der Waals surface area contributed by atoms with Crippen molar-refractivity contribution in [3.05, 3.63) is 60.8 Å². The van der Waals surface area contributed by atoms with E-state index in [1.807, 2.05) is 6.08 Å². The Morgan fingerprint density at radius 1 is 0.435 bits per heavy atom. The Hall–Kier alpha value is -2.44. The molecule has 0 aliphatic carbocycles. The number of allylic oxidation sites excluding steroid dienone is 9. The molecule has 0 aromatic carbocycles. The second-order valence-electron chi connectivity index (χ2n) is 20.4. The van der Waals surface area contributed by atoms with Gasteiger partial charge in [-0.2, -0.15) is 0 Å². The molecule has 0 saturated heterocycles. The van der Waals surface area contributed by atoms with Gasteiger partial charge in [-0.15, -0.1) is 0 Å². The summed E-state index contributed by atoms with van der Waals surface area (Å²) in [5, 5.41) is 23.9. The monoisotopic (exact) mass is 966 g/mol. The zero-order chi connectivity index (χ0) is 50.2. The molecule has 0 saturated carbocycles. The average molecular weight is 967 g/mol. The van der Waals surface area contributed by atoms with Gasteiger partial charge >= 0.3 is 5.97 Å². The van der Waals surface area contributed by atoms with Gasteiger partial charge in [0.1, 0.15) is 6.10 Å². The summed E-state index contributed by atoms with van der Waals surface area (Å²) in [6.07, 6.45) is 71.7. The fraction of sp³-hybridized carbons (Fsp3) is 0.810. The number of ether oxygens (including phenoxy) is 1. The first-order valence-electron chi connectivity index (χ1n) is 30.0. The summed E-state index contributed by atoms with van der Waals surface area (Å²) in [6, 6.07) is -0.733. The molecule has 0 spiro atoms. The maximum atomic E-state index is 13.3. The standard InChI is InChI=1S/C63H115NO5/c1-4-7-10-13-16-19-22-25-28-30-31-32-35-38-41-44-47-50-53-56-63(68)69-59(54-51-48-45-42-39-36-33-27-24-21-18-15-12-9-6-3)57-62(67)64-60(58-65)61(66)55-52-49-46-43-40-37-34-29-26-23-20-17-14-11-8-5-2/h9,12,18,21,27,33,39,42,48,51,59-61,65-66H,4-8,10-11,13-17,19-20,22-26,28-32,34-38,40-41,43-47,49-50,52-58H2,1-3H3,(H,64,67)/b12-9-,21-18-,33-27-,42-39-,51-48-. The Balaban J connectivity index is 4.59. The molecule has 0 aromatic rings. The number of hydrogen-bond acceptors (Lipinski definition) is 5. The fourth-order valence-electron chi connectivity index (χ4n) is 9.10. The van der Waals surface area contributed by atoms with E-state index in [0.29, 0.717) is 19.3 Å². The number of aliphatic hydroxyl groups is 2. The van der Waals surface area contributed by atoms with Crippen LogP contribution in [0, 0.1) is 0 Å². The van der Waals surface area contributed by atoms with Crippen molar-refractivity contribution in [1.82, 2.24) is 5.32 Å². The average Bonchev–Trinajstić information content (AvgIpc) is 3.34. The highest BCUT2D eigenvalue weighted by Crippen LogP contribution is 2.18. The number of unbranched alkanes of at least 4 members (excludes halogenated alkanes) is 33. The summed E-state index contributed by atoms with van der Waals surface area (Å²) in [5.41, 5.74) is 0. The molecule has 6 nitrogen and oxygen atoms in total. The first kappa shape index (κ1) is 66.6. The quantitative estimate of drug-likeness (QED) is 0.0321. The van der Waals surface area contributed by atoms with Gasteiger partial charge in [0.05, 0.1) is 25.2 Å². The summed E-state index contributed by atoms with van der Waals surface area (Å²) in [5.74, 6) is -0.567. The second-order valence-corrected chi connectivity index (χ2v) is 20.4. The van der Waals surface area contributed by atoms with Crippen molar-refractivity contribution in [2.75, 3.05) is 6.61 Å². The van der Waals surface area contributed by atoms with Crippen LogP contribution in [0.5, 0.6) is 0 Å². The Kier molecular flexibility index (Phi) is 54.5. The van der Waals surface area contributed by atoms with Crippen LogP contribution in [0.25, 0.3) is 0 Å². The Morgan fingerprint density at radius 2 is 0.754 bits per heavy atom. The summed E-state index contributed by atoms with van der Waals surface area (Å²) < 4.78 is 5.90. The van der Waals surface area contributed by atoms with Crippen LogP contribution < -0.4 is 5.32 Å². The number of rotatable bonds is 54. The number of esters is 1. The summed E-state index contributed by atoms with van der Waals surface area (Å²) in [7, 11) is 0. The first-order valence-corrected chi connectivity index (χ1v) is 30.0. The highest BCUT2D eigenvalue weighted by atomic mass is 16.5. The topological polar surface area (TPSA) is 95.9 Å². The van der Waals surface area contributed by atoms with Crippen molar-refractivity contribution in [2.24, 2.45) is 0 Å². The van der Waals surface area contributed by atoms with Crippen molar-refractivity contribution in [3.8, 4) is 0 Å². The third-order valence-corrected chi connectivity index (χ3v) is 13.6. The summed E-state index contributed by atoms with van der Waals surface area (Å²) in [6.45, 7) is 6.38. The van der Waals surface area contributed by atoms with Gasteiger partial charge in [0.2, 0.25) is 5.91 Å². The Bertz CT molecular complexity index is 1220. The third-order valence-electron chi connectivity index (χ3n) is 13.6. The molecule has 0 bridgehead atoms. The van der Waals surface area contributed by atoms with Crippen LogP contribution in [-0.2, 0) is 14.3 Å². The molecule has 1 amide bonds. The van der Waals surface area contributed by atoms with Crippen LogP contribution in [0.4, 0.5) is 0 Å². The van der Waals surface area contributed by atoms with E-state index in [1.54, 1.807) is 0 Å². The van der Waals surface area contributed by atoms with Gasteiger partial charge in [0.15, 0.2) is 0 Å². The molecule has 6 heteroatoms. The fourth-order valence-corrected chi connectivity index (χ4v) is 9.10. The number of aliphatic hydroxyl groups excluding tert-OH is 2. The minimum Gasteiger partial charge on any atom is -0.461 e. The van der Waals surface area contributed by atoms with E-state index in [-0.39, 0.29) is 24.9 Å². The van der Waals surface area contributed by atoms with E-state index in [9.17, 15) is 19.8 Å². The van der Waals surface area contributed by atoms with Crippen LogP contribution in [0.3, 0.4) is 0 Å².